The van der Waals surface area contributed by atoms with Crippen molar-refractivity contribution in [2.45, 2.75) is 6.42 Å². The van der Waals surface area contributed by atoms with E-state index in [4.69, 9.17) is 0 Å². The van der Waals surface area contributed by atoms with Gasteiger partial charge < -0.3 is 5.32 Å². The summed E-state index contributed by atoms with van der Waals surface area (Å²) in [6, 6.07) is 16.7. The summed E-state index contributed by atoms with van der Waals surface area (Å²) in [5.41, 5.74) is 2.59. The number of Topliss-reactive ketones (excluding diaryl/α,β-unsaturated/α-hetero) is 1. The molecule has 4 rings (SSSR count). The Morgan fingerprint density at radius 2 is 1.70 bits per heavy atom. The maximum Gasteiger partial charge on any atom is 0.259 e. The molecule has 0 aromatic heterocycles. The van der Waals surface area contributed by atoms with Crippen molar-refractivity contribution >= 4 is 23.5 Å². The first-order valence-electron chi connectivity index (χ1n) is 9.20. The number of rotatable bonds is 2. The van der Waals surface area contributed by atoms with Crippen LogP contribution in [-0.4, -0.2) is 11.7 Å². The lowest BCUT2D eigenvalue weighted by atomic mass is 9.93. The highest BCUT2D eigenvalue weighted by Crippen LogP contribution is 2.27. The zero-order chi connectivity index (χ0) is 21.1. The van der Waals surface area contributed by atoms with Gasteiger partial charge in [-0.1, -0.05) is 36.1 Å². The Morgan fingerprint density at radius 1 is 0.900 bits per heavy atom. The van der Waals surface area contributed by atoms with E-state index >= 15 is 0 Å². The maximum absolute atomic E-state index is 13.4. The molecule has 0 atom stereocenters. The van der Waals surface area contributed by atoms with E-state index in [1.165, 1.54) is 36.4 Å². The van der Waals surface area contributed by atoms with Crippen molar-refractivity contribution in [3.63, 3.8) is 0 Å². The fourth-order valence-corrected chi connectivity index (χ4v) is 3.10. The van der Waals surface area contributed by atoms with Gasteiger partial charge in [-0.25, -0.2) is 8.78 Å². The van der Waals surface area contributed by atoms with E-state index in [1.807, 2.05) is 0 Å². The van der Waals surface area contributed by atoms with E-state index in [9.17, 15) is 18.4 Å². The van der Waals surface area contributed by atoms with Gasteiger partial charge in [-0.15, -0.1) is 0 Å². The predicted molar refractivity (Wildman–Crippen MR) is 111 cm³/mol. The zero-order valence-electron chi connectivity index (χ0n) is 15.7. The van der Waals surface area contributed by atoms with Crippen molar-refractivity contribution in [2.24, 2.45) is 0 Å². The lowest BCUT2D eigenvalue weighted by molar-refractivity contribution is -0.112. The van der Waals surface area contributed by atoms with Gasteiger partial charge in [-0.2, -0.15) is 0 Å². The molecule has 1 heterocycles. The monoisotopic (exact) mass is 399 g/mol. The number of amides is 1. The van der Waals surface area contributed by atoms with Gasteiger partial charge in [0.25, 0.3) is 5.91 Å². The molecule has 0 saturated carbocycles. The molecule has 0 fully saturated rings. The second-order valence-corrected chi connectivity index (χ2v) is 6.76. The van der Waals surface area contributed by atoms with Crippen LogP contribution in [0.15, 0.2) is 72.3 Å². The van der Waals surface area contributed by atoms with Gasteiger partial charge in [0.05, 0.1) is 11.3 Å². The highest BCUT2D eigenvalue weighted by Gasteiger charge is 2.28. The van der Waals surface area contributed by atoms with Gasteiger partial charge in [-0.05, 0) is 59.7 Å². The summed E-state index contributed by atoms with van der Waals surface area (Å²) >= 11 is 0. The summed E-state index contributed by atoms with van der Waals surface area (Å²) in [5, 5.41) is 2.68. The summed E-state index contributed by atoms with van der Waals surface area (Å²) in [7, 11) is 0. The van der Waals surface area contributed by atoms with Gasteiger partial charge in [0.15, 0.2) is 0 Å². The standard InChI is InChI=1S/C25H15F2NO2/c26-19-10-7-16(8-11-19)3-1-4-17-9-12-23-21(14-17)24(29)22(25(30)28-23)15-18-5-2-6-20(27)13-18/h2,5-15H,3H2,(H,28,30)/b22-15+. The van der Waals surface area contributed by atoms with Crippen molar-refractivity contribution in [3.8, 4) is 11.8 Å². The maximum atomic E-state index is 13.4. The lowest BCUT2D eigenvalue weighted by Crippen LogP contribution is -2.27. The Morgan fingerprint density at radius 3 is 2.47 bits per heavy atom. The highest BCUT2D eigenvalue weighted by molar-refractivity contribution is 6.36. The molecular weight excluding hydrogens is 384 g/mol. The van der Waals surface area contributed by atoms with Gasteiger partial charge in [0.2, 0.25) is 5.78 Å². The zero-order valence-corrected chi connectivity index (χ0v) is 15.7. The number of fused-ring (bicyclic) bond motifs is 1. The molecule has 3 aromatic carbocycles. The van der Waals surface area contributed by atoms with Gasteiger partial charge in [-0.3, -0.25) is 9.59 Å². The number of halogens is 2. The van der Waals surface area contributed by atoms with Gasteiger partial charge >= 0.3 is 0 Å². The molecule has 0 bridgehead atoms. The molecule has 0 unspecified atom stereocenters. The van der Waals surface area contributed by atoms with Crippen molar-refractivity contribution in [1.82, 2.24) is 0 Å². The summed E-state index contributed by atoms with van der Waals surface area (Å²) in [6.45, 7) is 0. The summed E-state index contributed by atoms with van der Waals surface area (Å²) < 4.78 is 26.4. The third kappa shape index (κ3) is 4.18. The first-order chi connectivity index (χ1) is 14.5. The number of anilines is 1. The molecule has 1 aliphatic rings. The number of ketones is 1. The van der Waals surface area contributed by atoms with Crippen LogP contribution in [0.1, 0.15) is 27.0 Å². The van der Waals surface area contributed by atoms with Crippen LogP contribution in [0.2, 0.25) is 0 Å². The minimum atomic E-state index is -0.535. The van der Waals surface area contributed by atoms with Crippen molar-refractivity contribution in [2.75, 3.05) is 5.32 Å². The molecular formula is C25H15F2NO2. The first kappa shape index (κ1) is 19.3. The minimum Gasteiger partial charge on any atom is -0.321 e. The van der Waals surface area contributed by atoms with Gasteiger partial charge in [0.1, 0.15) is 11.6 Å². The molecule has 5 heteroatoms. The third-order valence-electron chi connectivity index (χ3n) is 4.60. The van der Waals surface area contributed by atoms with Crippen LogP contribution in [0.5, 0.6) is 0 Å². The van der Waals surface area contributed by atoms with E-state index in [0.717, 1.165) is 5.56 Å². The molecule has 146 valence electrons. The average molecular weight is 399 g/mol. The SMILES string of the molecule is O=C1Nc2ccc(C#CCc3ccc(F)cc3)cc2C(=O)/C1=C\c1cccc(F)c1. The smallest absolute Gasteiger partial charge is 0.259 e. The number of hydrogen-bond acceptors (Lipinski definition) is 2. The van der Waals surface area contributed by atoms with Crippen LogP contribution in [0.3, 0.4) is 0 Å². The molecule has 0 spiro atoms. The van der Waals surface area contributed by atoms with E-state index in [0.29, 0.717) is 28.8 Å². The number of carbonyl (C=O) groups is 2. The number of benzene rings is 3. The molecule has 3 aromatic rings. The Kier molecular flexibility index (Phi) is 5.23. The summed E-state index contributed by atoms with van der Waals surface area (Å²) in [5.74, 6) is 4.25. The molecule has 0 aliphatic carbocycles. The molecule has 1 aliphatic heterocycles. The fraction of sp³-hybridized carbons (Fsp3) is 0.0400. The molecule has 0 saturated heterocycles. The predicted octanol–water partition coefficient (Wildman–Crippen LogP) is 4.78. The normalized spacial score (nSPS) is 14.0. The molecule has 1 N–H and O–H groups in total. The van der Waals surface area contributed by atoms with Crippen LogP contribution in [0.4, 0.5) is 14.5 Å². The Balaban J connectivity index is 1.60. The number of nitrogens with one attached hydrogen (secondary N) is 1. The van der Waals surface area contributed by atoms with Crippen LogP contribution in [0, 0.1) is 23.5 Å². The largest absolute Gasteiger partial charge is 0.321 e. The molecule has 3 nitrogen and oxygen atoms in total. The summed E-state index contributed by atoms with van der Waals surface area (Å²) in [4.78, 5) is 25.2. The van der Waals surface area contributed by atoms with Gasteiger partial charge in [0, 0.05) is 17.5 Å². The van der Waals surface area contributed by atoms with Crippen LogP contribution in [-0.2, 0) is 11.2 Å². The van der Waals surface area contributed by atoms with Crippen molar-refractivity contribution < 1.29 is 18.4 Å². The quantitative estimate of drug-likeness (QED) is 0.383. The van der Waals surface area contributed by atoms with Crippen molar-refractivity contribution in [1.29, 1.82) is 0 Å². The second kappa shape index (κ2) is 8.14. The summed E-state index contributed by atoms with van der Waals surface area (Å²) in [6.07, 6.45) is 1.81. The van der Waals surface area contributed by atoms with E-state index in [1.54, 1.807) is 36.4 Å². The average Bonchev–Trinajstić information content (AvgIpc) is 2.73. The Bertz CT molecular complexity index is 1250. The molecule has 1 amide bonds. The first-order valence-corrected chi connectivity index (χ1v) is 9.20. The molecule has 0 radical (unpaired) electrons. The van der Waals surface area contributed by atoms with Crippen molar-refractivity contribution in [3.05, 3.63) is 106 Å². The fourth-order valence-electron chi connectivity index (χ4n) is 3.10. The van der Waals surface area contributed by atoms with Crippen LogP contribution < -0.4 is 5.32 Å². The van der Waals surface area contributed by atoms with E-state index in [2.05, 4.69) is 17.2 Å². The second-order valence-electron chi connectivity index (χ2n) is 6.76. The Hall–Kier alpha value is -4.04. The van der Waals surface area contributed by atoms with Crippen LogP contribution in [0.25, 0.3) is 6.08 Å². The third-order valence-corrected chi connectivity index (χ3v) is 4.60. The van der Waals surface area contributed by atoms with E-state index in [-0.39, 0.29) is 11.4 Å². The number of carbonyl (C=O) groups excluding carboxylic acids is 2. The van der Waals surface area contributed by atoms with E-state index < -0.39 is 17.5 Å². The topological polar surface area (TPSA) is 46.2 Å². The Labute approximate surface area is 172 Å². The highest BCUT2D eigenvalue weighted by atomic mass is 19.1. The lowest BCUT2D eigenvalue weighted by Gasteiger charge is -2.18. The minimum absolute atomic E-state index is 0.0653. The molecule has 30 heavy (non-hydrogen) atoms. The van der Waals surface area contributed by atoms with Crippen LogP contribution >= 0.6 is 0 Å². The number of hydrogen-bond donors (Lipinski definition) is 1.